The van der Waals surface area contributed by atoms with Crippen LogP contribution in [0.25, 0.3) is 0 Å². The van der Waals surface area contributed by atoms with E-state index in [0.717, 1.165) is 19.5 Å². The van der Waals surface area contributed by atoms with Crippen molar-refractivity contribution in [1.82, 2.24) is 4.90 Å². The molecule has 2 aromatic rings. The van der Waals surface area contributed by atoms with E-state index in [2.05, 4.69) is 86.3 Å². The molecule has 2 aromatic carbocycles. The fourth-order valence-corrected chi connectivity index (χ4v) is 3.36. The van der Waals surface area contributed by atoms with Crippen molar-refractivity contribution in [2.24, 2.45) is 5.73 Å². The Morgan fingerprint density at radius 2 is 1.36 bits per heavy atom. The van der Waals surface area contributed by atoms with Crippen LogP contribution in [-0.2, 0) is 5.54 Å². The molecular formula is C20H28N2. The number of nitrogens with zero attached hydrogens (tertiary/aromatic N) is 1. The summed E-state index contributed by atoms with van der Waals surface area (Å²) in [4.78, 5) is 2.46. The first-order valence-corrected chi connectivity index (χ1v) is 8.30. The zero-order chi connectivity index (χ0) is 16.0. The summed E-state index contributed by atoms with van der Waals surface area (Å²) in [7, 11) is 0. The molecule has 0 amide bonds. The molecule has 0 spiro atoms. The minimum absolute atomic E-state index is 0.177. The molecule has 0 bridgehead atoms. The smallest absolute Gasteiger partial charge is 0.0606 e. The average molecular weight is 296 g/mol. The Hall–Kier alpha value is -1.64. The second-order valence-corrected chi connectivity index (χ2v) is 5.79. The van der Waals surface area contributed by atoms with Gasteiger partial charge in [-0.15, -0.1) is 0 Å². The van der Waals surface area contributed by atoms with Gasteiger partial charge in [0.15, 0.2) is 0 Å². The van der Waals surface area contributed by atoms with Crippen molar-refractivity contribution in [3.05, 3.63) is 71.8 Å². The summed E-state index contributed by atoms with van der Waals surface area (Å²) in [5.74, 6) is 0. The minimum atomic E-state index is -0.394. The van der Waals surface area contributed by atoms with E-state index in [0.29, 0.717) is 0 Å². The predicted octanol–water partition coefficient (Wildman–Crippen LogP) is 4.33. The van der Waals surface area contributed by atoms with Crippen LogP contribution >= 0.6 is 0 Å². The number of likely N-dealkylation sites (N-methyl/N-ethyl adjacent to an activating group) is 1. The van der Waals surface area contributed by atoms with Crippen molar-refractivity contribution >= 4 is 0 Å². The van der Waals surface area contributed by atoms with E-state index in [1.807, 2.05) is 0 Å². The molecule has 2 heteroatoms. The number of benzene rings is 2. The Kier molecular flexibility index (Phi) is 5.76. The monoisotopic (exact) mass is 296 g/mol. The lowest BCUT2D eigenvalue weighted by molar-refractivity contribution is 0.125. The van der Waals surface area contributed by atoms with Crippen molar-refractivity contribution in [2.45, 2.75) is 38.8 Å². The maximum absolute atomic E-state index is 7.01. The Morgan fingerprint density at radius 3 is 1.82 bits per heavy atom. The van der Waals surface area contributed by atoms with Crippen LogP contribution in [0.5, 0.6) is 0 Å². The molecule has 0 aliphatic carbocycles. The summed E-state index contributed by atoms with van der Waals surface area (Å²) in [6, 6.07) is 21.4. The van der Waals surface area contributed by atoms with Gasteiger partial charge in [-0.1, -0.05) is 81.4 Å². The molecule has 0 heterocycles. The highest BCUT2D eigenvalue weighted by Gasteiger charge is 2.38. The molecule has 2 rings (SSSR count). The SMILES string of the molecule is CCN(CC)C(c1ccccc1)C(N)(CC)c1ccccc1. The number of hydrogen-bond acceptors (Lipinski definition) is 2. The van der Waals surface area contributed by atoms with Gasteiger partial charge in [0.1, 0.15) is 0 Å². The van der Waals surface area contributed by atoms with Crippen molar-refractivity contribution in [3.63, 3.8) is 0 Å². The van der Waals surface area contributed by atoms with Gasteiger partial charge in [-0.05, 0) is 30.6 Å². The maximum Gasteiger partial charge on any atom is 0.0606 e. The summed E-state index contributed by atoms with van der Waals surface area (Å²) < 4.78 is 0. The zero-order valence-electron chi connectivity index (χ0n) is 14.0. The first-order chi connectivity index (χ1) is 10.7. The van der Waals surface area contributed by atoms with Crippen LogP contribution in [0.2, 0.25) is 0 Å². The second-order valence-electron chi connectivity index (χ2n) is 5.79. The van der Waals surface area contributed by atoms with Gasteiger partial charge in [-0.25, -0.2) is 0 Å². The van der Waals surface area contributed by atoms with Crippen molar-refractivity contribution in [2.75, 3.05) is 13.1 Å². The fraction of sp³-hybridized carbons (Fsp3) is 0.400. The van der Waals surface area contributed by atoms with Gasteiger partial charge in [0.25, 0.3) is 0 Å². The highest BCUT2D eigenvalue weighted by atomic mass is 15.2. The molecule has 0 aliphatic heterocycles. The van der Waals surface area contributed by atoms with Gasteiger partial charge in [-0.2, -0.15) is 0 Å². The second kappa shape index (κ2) is 7.57. The third-order valence-electron chi connectivity index (χ3n) is 4.68. The van der Waals surface area contributed by atoms with Crippen LogP contribution in [-0.4, -0.2) is 18.0 Å². The summed E-state index contributed by atoms with van der Waals surface area (Å²) in [5, 5.41) is 0. The third-order valence-corrected chi connectivity index (χ3v) is 4.68. The minimum Gasteiger partial charge on any atom is -0.320 e. The highest BCUT2D eigenvalue weighted by molar-refractivity contribution is 5.32. The molecule has 2 nitrogen and oxygen atoms in total. The summed E-state index contributed by atoms with van der Waals surface area (Å²) in [6.07, 6.45) is 0.896. The quantitative estimate of drug-likeness (QED) is 0.824. The molecule has 2 unspecified atom stereocenters. The summed E-state index contributed by atoms with van der Waals surface area (Å²) in [6.45, 7) is 8.58. The lowest BCUT2D eigenvalue weighted by Gasteiger charge is -2.44. The van der Waals surface area contributed by atoms with E-state index in [-0.39, 0.29) is 6.04 Å². The van der Waals surface area contributed by atoms with Crippen LogP contribution in [0.1, 0.15) is 44.4 Å². The lowest BCUT2D eigenvalue weighted by Crippen LogP contribution is -2.50. The zero-order valence-corrected chi connectivity index (χ0v) is 14.0. The average Bonchev–Trinajstić information content (AvgIpc) is 2.60. The molecule has 2 N–H and O–H groups in total. The maximum atomic E-state index is 7.01. The molecule has 0 saturated heterocycles. The number of hydrogen-bond donors (Lipinski definition) is 1. The normalized spacial score (nSPS) is 15.5. The lowest BCUT2D eigenvalue weighted by atomic mass is 9.77. The molecule has 118 valence electrons. The molecule has 0 saturated carbocycles. The van der Waals surface area contributed by atoms with Crippen LogP contribution in [0.15, 0.2) is 60.7 Å². The van der Waals surface area contributed by atoms with Crippen LogP contribution in [0, 0.1) is 0 Å². The van der Waals surface area contributed by atoms with E-state index < -0.39 is 5.54 Å². The number of rotatable bonds is 7. The molecule has 0 aliphatic rings. The highest BCUT2D eigenvalue weighted by Crippen LogP contribution is 2.39. The van der Waals surface area contributed by atoms with Gasteiger partial charge in [0.05, 0.1) is 11.6 Å². The molecular weight excluding hydrogens is 268 g/mol. The summed E-state index contributed by atoms with van der Waals surface area (Å²) >= 11 is 0. The Labute approximate surface area is 135 Å². The first-order valence-electron chi connectivity index (χ1n) is 8.30. The molecule has 22 heavy (non-hydrogen) atoms. The van der Waals surface area contributed by atoms with Crippen LogP contribution in [0.4, 0.5) is 0 Å². The van der Waals surface area contributed by atoms with Crippen molar-refractivity contribution < 1.29 is 0 Å². The molecule has 0 fully saturated rings. The topological polar surface area (TPSA) is 29.3 Å². The molecule has 2 atom stereocenters. The Balaban J connectivity index is 2.55. The van der Waals surface area contributed by atoms with Gasteiger partial charge >= 0.3 is 0 Å². The van der Waals surface area contributed by atoms with E-state index >= 15 is 0 Å². The third kappa shape index (κ3) is 3.23. The molecule has 0 radical (unpaired) electrons. The van der Waals surface area contributed by atoms with E-state index in [1.54, 1.807) is 0 Å². The van der Waals surface area contributed by atoms with E-state index in [4.69, 9.17) is 5.73 Å². The largest absolute Gasteiger partial charge is 0.320 e. The van der Waals surface area contributed by atoms with Crippen LogP contribution in [0.3, 0.4) is 0 Å². The van der Waals surface area contributed by atoms with Gasteiger partial charge in [-0.3, -0.25) is 4.90 Å². The Bertz CT molecular complexity index is 548. The standard InChI is InChI=1S/C20H28N2/c1-4-20(21,18-15-11-8-12-16-18)19(22(5-2)6-3)17-13-9-7-10-14-17/h7-16,19H,4-6,21H2,1-3H3. The first kappa shape index (κ1) is 16.7. The Morgan fingerprint density at radius 1 is 0.864 bits per heavy atom. The fourth-order valence-electron chi connectivity index (χ4n) is 3.36. The van der Waals surface area contributed by atoms with Gasteiger partial charge in [0, 0.05) is 0 Å². The van der Waals surface area contributed by atoms with E-state index in [1.165, 1.54) is 11.1 Å². The predicted molar refractivity (Wildman–Crippen MR) is 94.7 cm³/mol. The van der Waals surface area contributed by atoms with Crippen molar-refractivity contribution in [1.29, 1.82) is 0 Å². The summed E-state index contributed by atoms with van der Waals surface area (Å²) in [5.41, 5.74) is 9.11. The van der Waals surface area contributed by atoms with E-state index in [9.17, 15) is 0 Å². The molecule has 0 aromatic heterocycles. The van der Waals surface area contributed by atoms with Crippen molar-refractivity contribution in [3.8, 4) is 0 Å². The van der Waals surface area contributed by atoms with Crippen LogP contribution < -0.4 is 5.73 Å². The van der Waals surface area contributed by atoms with Gasteiger partial charge < -0.3 is 5.73 Å². The van der Waals surface area contributed by atoms with Gasteiger partial charge in [0.2, 0.25) is 0 Å². The number of nitrogens with two attached hydrogens (primary N) is 1.